The molecule has 2 aromatic rings. The molecule has 0 saturated carbocycles. The molecule has 1 amide bonds. The van der Waals surface area contributed by atoms with E-state index in [1.165, 1.54) is 21.9 Å². The van der Waals surface area contributed by atoms with Crippen LogP contribution in [0, 0.1) is 5.92 Å². The highest BCUT2D eigenvalue weighted by Gasteiger charge is 2.28. The Labute approximate surface area is 157 Å². The number of amides is 1. The number of aromatic nitrogens is 1. The number of hydrogen-bond donors (Lipinski definition) is 0. The largest absolute Gasteiger partial charge is 0.494 e. The first kappa shape index (κ1) is 19.1. The van der Waals surface area contributed by atoms with E-state index in [0.717, 1.165) is 16.0 Å². The molecule has 1 aromatic heterocycles. The van der Waals surface area contributed by atoms with Crippen LogP contribution in [-0.4, -0.2) is 49.1 Å². The van der Waals surface area contributed by atoms with Crippen molar-refractivity contribution in [2.75, 3.05) is 26.0 Å². The molecule has 7 nitrogen and oxygen atoms in total. The van der Waals surface area contributed by atoms with Crippen molar-refractivity contribution >= 4 is 37.5 Å². The van der Waals surface area contributed by atoms with Crippen LogP contribution < -0.4 is 9.54 Å². The third-order valence-corrected chi connectivity index (χ3v) is 6.97. The fourth-order valence-electron chi connectivity index (χ4n) is 3.10. The van der Waals surface area contributed by atoms with Crippen molar-refractivity contribution in [1.82, 2.24) is 8.87 Å². The number of ether oxygens (including phenoxy) is 1. The van der Waals surface area contributed by atoms with Gasteiger partial charge in [-0.15, -0.1) is 0 Å². The predicted octanol–water partition coefficient (Wildman–Crippen LogP) is 1.74. The molecule has 0 spiro atoms. The minimum atomic E-state index is -3.19. The second kappa shape index (κ2) is 7.50. The van der Waals surface area contributed by atoms with Crippen LogP contribution in [0.5, 0.6) is 5.75 Å². The van der Waals surface area contributed by atoms with Crippen molar-refractivity contribution < 1.29 is 17.9 Å². The Morgan fingerprint density at radius 3 is 2.65 bits per heavy atom. The summed E-state index contributed by atoms with van der Waals surface area (Å²) >= 11 is 1.45. The van der Waals surface area contributed by atoms with Gasteiger partial charge in [0, 0.05) is 26.1 Å². The maximum absolute atomic E-state index is 12.6. The Bertz CT molecular complexity index is 983. The van der Waals surface area contributed by atoms with Gasteiger partial charge in [-0.25, -0.2) is 12.7 Å². The highest BCUT2D eigenvalue weighted by atomic mass is 32.2. The molecule has 9 heteroatoms. The zero-order chi connectivity index (χ0) is 18.9. The minimum Gasteiger partial charge on any atom is -0.494 e. The van der Waals surface area contributed by atoms with E-state index in [9.17, 15) is 13.2 Å². The summed E-state index contributed by atoms with van der Waals surface area (Å²) in [6.45, 7) is 3.29. The average molecular weight is 398 g/mol. The summed E-state index contributed by atoms with van der Waals surface area (Å²) in [6, 6.07) is 5.83. The second-order valence-electron chi connectivity index (χ2n) is 6.39. The van der Waals surface area contributed by atoms with Crippen molar-refractivity contribution in [2.45, 2.75) is 19.8 Å². The number of piperidine rings is 1. The molecule has 1 aromatic carbocycles. The molecule has 2 heterocycles. The lowest BCUT2D eigenvalue weighted by Crippen LogP contribution is -2.39. The van der Waals surface area contributed by atoms with Crippen molar-refractivity contribution in [3.63, 3.8) is 0 Å². The standard InChI is InChI=1S/C17H23N3O4S2/c1-4-24-13-5-6-14-15(11-13)25-17(19(14)2)18-16(21)12-7-9-20(10-8-12)26(3,22)23/h5-6,11-12H,4,7-10H2,1-3H3. The van der Waals surface area contributed by atoms with Gasteiger partial charge >= 0.3 is 0 Å². The van der Waals surface area contributed by atoms with Crippen LogP contribution >= 0.6 is 11.3 Å². The third-order valence-electron chi connectivity index (χ3n) is 4.57. The van der Waals surface area contributed by atoms with Crippen LogP contribution in [0.15, 0.2) is 23.2 Å². The van der Waals surface area contributed by atoms with E-state index in [0.29, 0.717) is 37.3 Å². The highest BCUT2D eigenvalue weighted by Crippen LogP contribution is 2.24. The number of nitrogens with zero attached hydrogens (tertiary/aromatic N) is 3. The molecular weight excluding hydrogens is 374 g/mol. The fraction of sp³-hybridized carbons (Fsp3) is 0.529. The predicted molar refractivity (Wildman–Crippen MR) is 102 cm³/mol. The van der Waals surface area contributed by atoms with Gasteiger partial charge < -0.3 is 9.30 Å². The summed E-state index contributed by atoms with van der Waals surface area (Å²) in [7, 11) is -1.30. The Hall–Kier alpha value is -1.71. The van der Waals surface area contributed by atoms with Crippen molar-refractivity contribution in [3.05, 3.63) is 23.0 Å². The number of fused-ring (bicyclic) bond motifs is 1. The third kappa shape index (κ3) is 3.99. The van der Waals surface area contributed by atoms with Gasteiger partial charge in [0.15, 0.2) is 4.80 Å². The molecule has 1 fully saturated rings. The molecule has 0 N–H and O–H groups in total. The summed E-state index contributed by atoms with van der Waals surface area (Å²) in [5, 5.41) is 0. The average Bonchev–Trinajstić information content (AvgIpc) is 2.90. The zero-order valence-corrected chi connectivity index (χ0v) is 16.8. The molecular formula is C17H23N3O4S2. The van der Waals surface area contributed by atoms with Gasteiger partial charge in [-0.2, -0.15) is 4.99 Å². The lowest BCUT2D eigenvalue weighted by Gasteiger charge is -2.28. The first-order chi connectivity index (χ1) is 12.3. The SMILES string of the molecule is CCOc1ccc2c(c1)sc(=NC(=O)C1CCN(S(C)(=O)=O)CC1)n2C. The van der Waals surface area contributed by atoms with Crippen LogP contribution in [0.25, 0.3) is 10.2 Å². The Morgan fingerprint density at radius 1 is 1.35 bits per heavy atom. The van der Waals surface area contributed by atoms with Crippen LogP contribution in [0.4, 0.5) is 0 Å². The monoisotopic (exact) mass is 397 g/mol. The molecule has 1 saturated heterocycles. The van der Waals surface area contributed by atoms with Gasteiger partial charge in [0.1, 0.15) is 5.75 Å². The first-order valence-corrected chi connectivity index (χ1v) is 11.2. The fourth-order valence-corrected chi connectivity index (χ4v) is 5.02. The lowest BCUT2D eigenvalue weighted by molar-refractivity contribution is -0.122. The zero-order valence-electron chi connectivity index (χ0n) is 15.1. The summed E-state index contributed by atoms with van der Waals surface area (Å²) in [6.07, 6.45) is 2.23. The van der Waals surface area contributed by atoms with Gasteiger partial charge in [-0.1, -0.05) is 11.3 Å². The maximum Gasteiger partial charge on any atom is 0.251 e. The quantitative estimate of drug-likeness (QED) is 0.787. The molecule has 0 unspecified atom stereocenters. The van der Waals surface area contributed by atoms with Crippen LogP contribution in [-0.2, 0) is 21.9 Å². The molecule has 3 rings (SSSR count). The molecule has 1 aliphatic heterocycles. The Kier molecular flexibility index (Phi) is 5.50. The van der Waals surface area contributed by atoms with Gasteiger partial charge in [-0.3, -0.25) is 4.79 Å². The van der Waals surface area contributed by atoms with E-state index in [-0.39, 0.29) is 11.8 Å². The number of rotatable bonds is 4. The number of hydrogen-bond acceptors (Lipinski definition) is 5. The van der Waals surface area contributed by atoms with E-state index >= 15 is 0 Å². The van der Waals surface area contributed by atoms with Gasteiger partial charge in [-0.05, 0) is 38.0 Å². The van der Waals surface area contributed by atoms with Crippen molar-refractivity contribution in [1.29, 1.82) is 0 Å². The smallest absolute Gasteiger partial charge is 0.251 e. The van der Waals surface area contributed by atoms with E-state index in [4.69, 9.17) is 4.74 Å². The second-order valence-corrected chi connectivity index (χ2v) is 9.38. The van der Waals surface area contributed by atoms with Crippen molar-refractivity contribution in [3.8, 4) is 5.75 Å². The molecule has 26 heavy (non-hydrogen) atoms. The number of carbonyl (C=O) groups is 1. The summed E-state index contributed by atoms with van der Waals surface area (Å²) < 4.78 is 33.0. The van der Waals surface area contributed by atoms with Gasteiger partial charge in [0.05, 0.1) is 23.1 Å². The van der Waals surface area contributed by atoms with Crippen LogP contribution in [0.1, 0.15) is 19.8 Å². The van der Waals surface area contributed by atoms with E-state index in [1.54, 1.807) is 0 Å². The van der Waals surface area contributed by atoms with E-state index < -0.39 is 10.0 Å². The summed E-state index contributed by atoms with van der Waals surface area (Å²) in [4.78, 5) is 17.5. The molecule has 1 aliphatic rings. The molecule has 142 valence electrons. The number of thiazole rings is 1. The van der Waals surface area contributed by atoms with Crippen LogP contribution in [0.3, 0.4) is 0 Å². The highest BCUT2D eigenvalue weighted by molar-refractivity contribution is 7.88. The molecule has 0 bridgehead atoms. The topological polar surface area (TPSA) is 81.0 Å². The molecule has 0 aliphatic carbocycles. The van der Waals surface area contributed by atoms with Gasteiger partial charge in [0.2, 0.25) is 10.0 Å². The summed E-state index contributed by atoms with van der Waals surface area (Å²) in [5.41, 5.74) is 0.997. The van der Waals surface area contributed by atoms with E-state index in [1.807, 2.05) is 36.7 Å². The maximum atomic E-state index is 12.6. The van der Waals surface area contributed by atoms with Crippen LogP contribution in [0.2, 0.25) is 0 Å². The van der Waals surface area contributed by atoms with Crippen molar-refractivity contribution in [2.24, 2.45) is 18.0 Å². The summed E-state index contributed by atoms with van der Waals surface area (Å²) in [5.74, 6) is 0.399. The Morgan fingerprint density at radius 2 is 2.04 bits per heavy atom. The Balaban J connectivity index is 1.81. The number of benzene rings is 1. The molecule has 0 radical (unpaired) electrons. The number of sulfonamides is 1. The van der Waals surface area contributed by atoms with E-state index in [2.05, 4.69) is 4.99 Å². The lowest BCUT2D eigenvalue weighted by atomic mass is 9.98. The normalized spacial score (nSPS) is 17.7. The molecule has 0 atom stereocenters. The number of carbonyl (C=O) groups excluding carboxylic acids is 1. The minimum absolute atomic E-state index is 0.176. The number of aryl methyl sites for hydroxylation is 1. The van der Waals surface area contributed by atoms with Gasteiger partial charge in [0.25, 0.3) is 5.91 Å². The first-order valence-electron chi connectivity index (χ1n) is 8.55.